The maximum Gasteiger partial charge on any atom is 0.0138 e. The molecule has 94 valence electrons. The summed E-state index contributed by atoms with van der Waals surface area (Å²) >= 11 is 0. The van der Waals surface area contributed by atoms with Crippen LogP contribution in [0.1, 0.15) is 37.0 Å². The summed E-state index contributed by atoms with van der Waals surface area (Å²) in [5.41, 5.74) is 4.95. The zero-order valence-corrected chi connectivity index (χ0v) is 11.8. The highest BCUT2D eigenvalue weighted by Gasteiger charge is 2.49. The van der Waals surface area contributed by atoms with Crippen LogP contribution in [0.5, 0.6) is 0 Å². The van der Waals surface area contributed by atoms with Gasteiger partial charge in [0.1, 0.15) is 0 Å². The summed E-state index contributed by atoms with van der Waals surface area (Å²) in [5, 5.41) is 3.52. The third-order valence-electron chi connectivity index (χ3n) is 4.51. The number of rotatable bonds is 4. The summed E-state index contributed by atoms with van der Waals surface area (Å²) in [6.07, 6.45) is 2.53. The summed E-state index contributed by atoms with van der Waals surface area (Å²) in [5.74, 6) is 0.839. The molecule has 1 nitrogen and oxygen atoms in total. The smallest absolute Gasteiger partial charge is 0.0138 e. The molecule has 1 heteroatoms. The van der Waals surface area contributed by atoms with Crippen LogP contribution in [0.4, 0.5) is 0 Å². The average Bonchev–Trinajstić information content (AvgIpc) is 2.87. The van der Waals surface area contributed by atoms with Gasteiger partial charge in [-0.2, -0.15) is 0 Å². The van der Waals surface area contributed by atoms with E-state index < -0.39 is 0 Å². The Morgan fingerprint density at radius 1 is 1.29 bits per heavy atom. The Balaban J connectivity index is 2.14. The molecule has 0 radical (unpaired) electrons. The molecule has 1 aliphatic carbocycles. The molecular formula is C16H25N. The fraction of sp³-hybridized carbons (Fsp3) is 0.625. The van der Waals surface area contributed by atoms with Crippen molar-refractivity contribution in [1.82, 2.24) is 5.32 Å². The summed E-state index contributed by atoms with van der Waals surface area (Å²) < 4.78 is 0. The van der Waals surface area contributed by atoms with Crippen LogP contribution in [0.15, 0.2) is 18.2 Å². The number of hydrogen-bond acceptors (Lipinski definition) is 1. The third kappa shape index (κ3) is 2.55. The van der Waals surface area contributed by atoms with E-state index in [2.05, 4.69) is 58.3 Å². The van der Waals surface area contributed by atoms with Gasteiger partial charge >= 0.3 is 0 Å². The van der Waals surface area contributed by atoms with Crippen LogP contribution in [-0.2, 0) is 6.42 Å². The van der Waals surface area contributed by atoms with Crippen LogP contribution >= 0.6 is 0 Å². The van der Waals surface area contributed by atoms with Gasteiger partial charge < -0.3 is 5.32 Å². The fourth-order valence-corrected chi connectivity index (χ4v) is 3.03. The van der Waals surface area contributed by atoms with Crippen molar-refractivity contribution in [3.05, 3.63) is 34.9 Å². The Morgan fingerprint density at radius 3 is 2.24 bits per heavy atom. The predicted molar refractivity (Wildman–Crippen MR) is 74.4 cm³/mol. The molecule has 17 heavy (non-hydrogen) atoms. The standard InChI is InChI=1S/C16H25N/c1-11-7-6-8-12(2)13(11)9-15(17-5)14-10-16(14,3)4/h6-8,14-15,17H,9-10H2,1-5H3. The van der Waals surface area contributed by atoms with Crippen molar-refractivity contribution in [2.45, 2.75) is 46.6 Å². The Kier molecular flexibility index (Phi) is 3.31. The lowest BCUT2D eigenvalue weighted by atomic mass is 9.92. The lowest BCUT2D eigenvalue weighted by Gasteiger charge is -2.20. The van der Waals surface area contributed by atoms with Crippen molar-refractivity contribution in [3.8, 4) is 0 Å². The predicted octanol–water partition coefficient (Wildman–Crippen LogP) is 3.48. The first-order valence-electron chi connectivity index (χ1n) is 6.68. The minimum absolute atomic E-state index is 0.546. The fourth-order valence-electron chi connectivity index (χ4n) is 3.03. The summed E-state index contributed by atoms with van der Waals surface area (Å²) in [4.78, 5) is 0. The van der Waals surface area contributed by atoms with Crippen LogP contribution in [0, 0.1) is 25.2 Å². The first kappa shape index (κ1) is 12.6. The maximum atomic E-state index is 3.52. The molecule has 0 saturated heterocycles. The molecule has 0 aromatic heterocycles. The lowest BCUT2D eigenvalue weighted by Crippen LogP contribution is -2.32. The van der Waals surface area contributed by atoms with E-state index in [1.165, 1.54) is 29.5 Å². The molecule has 0 aliphatic heterocycles. The molecule has 1 saturated carbocycles. The van der Waals surface area contributed by atoms with E-state index in [0.717, 1.165) is 5.92 Å². The van der Waals surface area contributed by atoms with Gasteiger partial charge in [0.15, 0.2) is 0 Å². The second kappa shape index (κ2) is 4.45. The monoisotopic (exact) mass is 231 g/mol. The molecule has 1 aliphatic rings. The molecule has 2 rings (SSSR count). The molecule has 1 aromatic carbocycles. The molecule has 0 spiro atoms. The minimum atomic E-state index is 0.546. The largest absolute Gasteiger partial charge is 0.316 e. The second-order valence-electron chi connectivity index (χ2n) is 6.27. The van der Waals surface area contributed by atoms with Crippen LogP contribution in [0.3, 0.4) is 0 Å². The van der Waals surface area contributed by atoms with E-state index in [9.17, 15) is 0 Å². The molecule has 1 N–H and O–H groups in total. The van der Waals surface area contributed by atoms with Gasteiger partial charge in [0.25, 0.3) is 0 Å². The van der Waals surface area contributed by atoms with E-state index >= 15 is 0 Å². The molecule has 1 aromatic rings. The van der Waals surface area contributed by atoms with E-state index in [1.54, 1.807) is 0 Å². The van der Waals surface area contributed by atoms with E-state index in [1.807, 2.05) is 0 Å². The Hall–Kier alpha value is -0.820. The SMILES string of the molecule is CNC(Cc1c(C)cccc1C)C1CC1(C)C. The molecule has 0 bridgehead atoms. The van der Waals surface area contributed by atoms with Crippen LogP contribution in [-0.4, -0.2) is 13.1 Å². The van der Waals surface area contributed by atoms with Gasteiger partial charge in [-0.25, -0.2) is 0 Å². The summed E-state index contributed by atoms with van der Waals surface area (Å²) in [6, 6.07) is 7.24. The normalized spacial score (nSPS) is 23.5. The van der Waals surface area contributed by atoms with Gasteiger partial charge in [-0.05, 0) is 61.8 Å². The lowest BCUT2D eigenvalue weighted by molar-refractivity contribution is 0.425. The molecular weight excluding hydrogens is 206 g/mol. The van der Waals surface area contributed by atoms with Gasteiger partial charge in [0.05, 0.1) is 0 Å². The number of nitrogens with one attached hydrogen (secondary N) is 1. The summed E-state index contributed by atoms with van der Waals surface area (Å²) in [7, 11) is 2.10. The maximum absolute atomic E-state index is 3.52. The quantitative estimate of drug-likeness (QED) is 0.836. The van der Waals surface area contributed by atoms with E-state index in [0.29, 0.717) is 11.5 Å². The van der Waals surface area contributed by atoms with Gasteiger partial charge in [-0.15, -0.1) is 0 Å². The van der Waals surface area contributed by atoms with Gasteiger partial charge in [-0.1, -0.05) is 32.0 Å². The molecule has 2 atom stereocenters. The van der Waals surface area contributed by atoms with Crippen molar-refractivity contribution >= 4 is 0 Å². The Bertz CT molecular complexity index is 386. The average molecular weight is 231 g/mol. The number of aryl methyl sites for hydroxylation is 2. The zero-order chi connectivity index (χ0) is 12.6. The van der Waals surface area contributed by atoms with Crippen molar-refractivity contribution in [3.63, 3.8) is 0 Å². The first-order chi connectivity index (χ1) is 7.95. The highest BCUT2D eigenvalue weighted by molar-refractivity contribution is 5.34. The van der Waals surface area contributed by atoms with Crippen molar-refractivity contribution in [1.29, 1.82) is 0 Å². The molecule has 0 amide bonds. The van der Waals surface area contributed by atoms with Crippen LogP contribution < -0.4 is 5.32 Å². The highest BCUT2D eigenvalue weighted by Crippen LogP contribution is 2.54. The van der Waals surface area contributed by atoms with E-state index in [-0.39, 0.29) is 0 Å². The minimum Gasteiger partial charge on any atom is -0.316 e. The van der Waals surface area contributed by atoms with Gasteiger partial charge in [0.2, 0.25) is 0 Å². The van der Waals surface area contributed by atoms with Crippen molar-refractivity contribution in [2.75, 3.05) is 7.05 Å². The van der Waals surface area contributed by atoms with Crippen molar-refractivity contribution in [2.24, 2.45) is 11.3 Å². The van der Waals surface area contributed by atoms with Gasteiger partial charge in [0, 0.05) is 6.04 Å². The Labute approximate surface area is 106 Å². The first-order valence-corrected chi connectivity index (χ1v) is 6.68. The number of benzene rings is 1. The topological polar surface area (TPSA) is 12.0 Å². The number of likely N-dealkylation sites (N-methyl/N-ethyl adjacent to an activating group) is 1. The number of hydrogen-bond donors (Lipinski definition) is 1. The molecule has 1 fully saturated rings. The second-order valence-corrected chi connectivity index (χ2v) is 6.27. The van der Waals surface area contributed by atoms with E-state index in [4.69, 9.17) is 0 Å². The van der Waals surface area contributed by atoms with Crippen molar-refractivity contribution < 1.29 is 0 Å². The van der Waals surface area contributed by atoms with Crippen LogP contribution in [0.2, 0.25) is 0 Å². The van der Waals surface area contributed by atoms with Crippen LogP contribution in [0.25, 0.3) is 0 Å². The molecule has 2 unspecified atom stereocenters. The zero-order valence-electron chi connectivity index (χ0n) is 11.8. The highest BCUT2D eigenvalue weighted by atomic mass is 14.9. The third-order valence-corrected chi connectivity index (χ3v) is 4.51. The Morgan fingerprint density at radius 2 is 1.82 bits per heavy atom. The van der Waals surface area contributed by atoms with Gasteiger partial charge in [-0.3, -0.25) is 0 Å². The molecule has 0 heterocycles. The summed E-state index contributed by atoms with van der Waals surface area (Å²) in [6.45, 7) is 9.22.